The van der Waals surface area contributed by atoms with Crippen LogP contribution in [0.2, 0.25) is 0 Å². The molecule has 1 unspecified atom stereocenters. The summed E-state index contributed by atoms with van der Waals surface area (Å²) in [5.41, 5.74) is 0.966. The molecule has 0 spiro atoms. The van der Waals surface area contributed by atoms with E-state index in [1.165, 1.54) is 4.31 Å². The largest absolute Gasteiger partial charge is 0.352 e. The summed E-state index contributed by atoms with van der Waals surface area (Å²) in [6.45, 7) is 6.73. The lowest BCUT2D eigenvalue weighted by Gasteiger charge is -2.23. The summed E-state index contributed by atoms with van der Waals surface area (Å²) < 4.78 is 28.6. The van der Waals surface area contributed by atoms with E-state index in [1.54, 1.807) is 31.1 Å². The van der Waals surface area contributed by atoms with Crippen molar-refractivity contribution >= 4 is 21.8 Å². The lowest BCUT2D eigenvalue weighted by molar-refractivity contribution is 0.415. The molecular weight excluding hydrogens is 306 g/mol. The predicted octanol–water partition coefficient (Wildman–Crippen LogP) is 1.90. The zero-order chi connectivity index (χ0) is 16.2. The van der Waals surface area contributed by atoms with Crippen LogP contribution in [0.3, 0.4) is 0 Å². The van der Waals surface area contributed by atoms with Crippen LogP contribution >= 0.6 is 11.8 Å². The molecule has 0 aliphatic carbocycles. The van der Waals surface area contributed by atoms with Crippen molar-refractivity contribution in [3.8, 4) is 0 Å². The van der Waals surface area contributed by atoms with Gasteiger partial charge in [0.2, 0.25) is 10.0 Å². The van der Waals surface area contributed by atoms with Crippen molar-refractivity contribution in [2.24, 2.45) is 7.05 Å². The van der Waals surface area contributed by atoms with E-state index in [0.29, 0.717) is 17.5 Å². The zero-order valence-corrected chi connectivity index (χ0v) is 15.4. The van der Waals surface area contributed by atoms with Crippen molar-refractivity contribution in [3.05, 3.63) is 18.0 Å². The number of nitrogens with one attached hydrogen (secondary N) is 1. The summed E-state index contributed by atoms with van der Waals surface area (Å²) >= 11 is 1.65. The topological polar surface area (TPSA) is 54.3 Å². The van der Waals surface area contributed by atoms with Gasteiger partial charge < -0.3 is 9.88 Å². The van der Waals surface area contributed by atoms with Gasteiger partial charge in [-0.3, -0.25) is 0 Å². The maximum atomic E-state index is 12.6. The number of rotatable bonds is 8. The smallest absolute Gasteiger partial charge is 0.244 e. The van der Waals surface area contributed by atoms with E-state index in [9.17, 15) is 8.42 Å². The van der Waals surface area contributed by atoms with Gasteiger partial charge in [0.1, 0.15) is 4.90 Å². The first-order valence-electron chi connectivity index (χ1n) is 7.05. The van der Waals surface area contributed by atoms with Gasteiger partial charge in [-0.1, -0.05) is 13.8 Å². The third kappa shape index (κ3) is 4.74. The molecule has 0 amide bonds. The number of sulfonamides is 1. The fraction of sp³-hybridized carbons (Fsp3) is 0.714. The van der Waals surface area contributed by atoms with E-state index in [1.807, 2.05) is 24.8 Å². The SMILES string of the molecule is CSCC(C)N(C)S(=O)(=O)c1cc(CNC(C)C)n(C)c1. The number of nitrogens with zero attached hydrogens (tertiary/aromatic N) is 2. The van der Waals surface area contributed by atoms with Crippen LogP contribution in [0.4, 0.5) is 0 Å². The molecule has 1 N–H and O–H groups in total. The molecule has 122 valence electrons. The third-order valence-electron chi connectivity index (χ3n) is 3.48. The van der Waals surface area contributed by atoms with E-state index in [2.05, 4.69) is 19.2 Å². The highest BCUT2D eigenvalue weighted by Gasteiger charge is 2.26. The Labute approximate surface area is 133 Å². The van der Waals surface area contributed by atoms with Gasteiger partial charge in [-0.25, -0.2) is 8.42 Å². The van der Waals surface area contributed by atoms with E-state index in [4.69, 9.17) is 0 Å². The molecule has 0 aliphatic rings. The highest BCUT2D eigenvalue weighted by Crippen LogP contribution is 2.20. The molecule has 1 rings (SSSR count). The van der Waals surface area contributed by atoms with Crippen LogP contribution in [0.15, 0.2) is 17.2 Å². The number of aryl methyl sites for hydroxylation is 1. The Bertz CT molecular complexity index is 553. The Kier molecular flexibility index (Phi) is 6.77. The van der Waals surface area contributed by atoms with Gasteiger partial charge in [-0.2, -0.15) is 16.1 Å². The molecule has 1 heterocycles. The molecule has 0 bridgehead atoms. The van der Waals surface area contributed by atoms with E-state index < -0.39 is 10.0 Å². The van der Waals surface area contributed by atoms with E-state index in [0.717, 1.165) is 11.4 Å². The number of thioether (sulfide) groups is 1. The Morgan fingerprint density at radius 2 is 2.00 bits per heavy atom. The van der Waals surface area contributed by atoms with Gasteiger partial charge in [0.15, 0.2) is 0 Å². The van der Waals surface area contributed by atoms with Crippen LogP contribution in [-0.4, -0.2) is 48.4 Å². The summed E-state index contributed by atoms with van der Waals surface area (Å²) in [4.78, 5) is 0.362. The average molecular weight is 334 g/mol. The molecule has 0 saturated heterocycles. The molecule has 1 aromatic heterocycles. The number of aromatic nitrogens is 1. The molecule has 1 aromatic rings. The molecule has 0 aliphatic heterocycles. The molecule has 0 aromatic carbocycles. The van der Waals surface area contributed by atoms with Crippen molar-refractivity contribution in [2.75, 3.05) is 19.1 Å². The van der Waals surface area contributed by atoms with Crippen molar-refractivity contribution in [1.29, 1.82) is 0 Å². The van der Waals surface area contributed by atoms with Crippen LogP contribution in [0.5, 0.6) is 0 Å². The fourth-order valence-electron chi connectivity index (χ4n) is 1.95. The van der Waals surface area contributed by atoms with Gasteiger partial charge >= 0.3 is 0 Å². The summed E-state index contributed by atoms with van der Waals surface area (Å²) in [7, 11) is 0.0955. The Morgan fingerprint density at radius 1 is 1.38 bits per heavy atom. The van der Waals surface area contributed by atoms with Crippen molar-refractivity contribution in [2.45, 2.75) is 44.3 Å². The van der Waals surface area contributed by atoms with Crippen LogP contribution in [0, 0.1) is 0 Å². The van der Waals surface area contributed by atoms with Gasteiger partial charge in [-0.05, 0) is 19.2 Å². The highest BCUT2D eigenvalue weighted by molar-refractivity contribution is 7.98. The molecule has 21 heavy (non-hydrogen) atoms. The monoisotopic (exact) mass is 333 g/mol. The summed E-state index contributed by atoms with van der Waals surface area (Å²) in [5, 5.41) is 3.31. The lowest BCUT2D eigenvalue weighted by atomic mass is 10.3. The molecule has 0 radical (unpaired) electrons. The predicted molar refractivity (Wildman–Crippen MR) is 90.2 cm³/mol. The molecule has 7 heteroatoms. The lowest BCUT2D eigenvalue weighted by Crippen LogP contribution is -2.36. The summed E-state index contributed by atoms with van der Waals surface area (Å²) in [6, 6.07) is 2.10. The molecule has 0 fully saturated rings. The minimum absolute atomic E-state index is 0.0255. The van der Waals surface area contributed by atoms with Gasteiger partial charge in [0, 0.05) is 50.4 Å². The minimum atomic E-state index is -3.43. The highest BCUT2D eigenvalue weighted by atomic mass is 32.2. The zero-order valence-electron chi connectivity index (χ0n) is 13.8. The Morgan fingerprint density at radius 3 is 2.52 bits per heavy atom. The maximum Gasteiger partial charge on any atom is 0.244 e. The summed E-state index contributed by atoms with van der Waals surface area (Å²) in [5.74, 6) is 0.782. The quantitative estimate of drug-likeness (QED) is 0.789. The van der Waals surface area contributed by atoms with Gasteiger partial charge in [-0.15, -0.1) is 0 Å². The third-order valence-corrected chi connectivity index (χ3v) is 6.23. The Balaban J connectivity index is 2.96. The normalized spacial score (nSPS) is 14.1. The van der Waals surface area contributed by atoms with Crippen LogP contribution in [0.1, 0.15) is 26.5 Å². The van der Waals surface area contributed by atoms with Gasteiger partial charge in [0.25, 0.3) is 0 Å². The number of hydrogen-bond donors (Lipinski definition) is 1. The van der Waals surface area contributed by atoms with E-state index in [-0.39, 0.29) is 6.04 Å². The van der Waals surface area contributed by atoms with Crippen molar-refractivity contribution in [1.82, 2.24) is 14.2 Å². The second-order valence-electron chi connectivity index (χ2n) is 5.64. The van der Waals surface area contributed by atoms with Crippen molar-refractivity contribution in [3.63, 3.8) is 0 Å². The standard InChI is InChI=1S/C14H27N3O2S2/c1-11(2)15-8-13-7-14(9-16(13)4)21(18,19)17(5)12(3)10-20-6/h7,9,11-12,15H,8,10H2,1-6H3. The first kappa shape index (κ1) is 18.5. The second kappa shape index (κ2) is 7.67. The van der Waals surface area contributed by atoms with E-state index >= 15 is 0 Å². The second-order valence-corrected chi connectivity index (χ2v) is 8.55. The van der Waals surface area contributed by atoms with Crippen molar-refractivity contribution < 1.29 is 8.42 Å². The number of hydrogen-bond acceptors (Lipinski definition) is 4. The molecular formula is C14H27N3O2S2. The molecule has 0 saturated carbocycles. The molecule has 1 atom stereocenters. The van der Waals surface area contributed by atoms with Gasteiger partial charge in [0.05, 0.1) is 0 Å². The summed E-state index contributed by atoms with van der Waals surface area (Å²) in [6.07, 6.45) is 3.67. The minimum Gasteiger partial charge on any atom is -0.352 e. The molecule has 5 nitrogen and oxygen atoms in total. The Hall–Kier alpha value is -0.500. The maximum absolute atomic E-state index is 12.6. The first-order valence-corrected chi connectivity index (χ1v) is 9.89. The van der Waals surface area contributed by atoms with Crippen LogP contribution < -0.4 is 5.32 Å². The first-order chi connectivity index (χ1) is 9.70. The fourth-order valence-corrected chi connectivity index (χ4v) is 4.21. The van der Waals surface area contributed by atoms with Crippen LogP contribution in [-0.2, 0) is 23.6 Å². The van der Waals surface area contributed by atoms with Crippen LogP contribution in [0.25, 0.3) is 0 Å². The average Bonchev–Trinajstić information content (AvgIpc) is 2.77.